The average molecular weight is 415 g/mol. The van der Waals surface area contributed by atoms with Gasteiger partial charge in [0.1, 0.15) is 10.6 Å². The molecule has 0 aliphatic carbocycles. The van der Waals surface area contributed by atoms with E-state index in [2.05, 4.69) is 5.32 Å². The first-order valence-corrected chi connectivity index (χ1v) is 10.6. The van der Waals surface area contributed by atoms with Gasteiger partial charge >= 0.3 is 0 Å². The molecule has 0 radical (unpaired) electrons. The first-order chi connectivity index (χ1) is 12.8. The van der Waals surface area contributed by atoms with Gasteiger partial charge in [0.25, 0.3) is 11.7 Å². The number of carbonyl (C=O) groups is 1. The summed E-state index contributed by atoms with van der Waals surface area (Å²) in [5.41, 5.74) is 0.627. The lowest BCUT2D eigenvalue weighted by molar-refractivity contribution is 0.101. The SMILES string of the molecule is Cn1cc(S(=O)(=O)N2CCCC2)cc1C(=O)Nc1ccc(SC(F)F)cc1. The number of hydrogen-bond donors (Lipinski definition) is 1. The van der Waals surface area contributed by atoms with E-state index in [9.17, 15) is 22.0 Å². The van der Waals surface area contributed by atoms with Crippen molar-refractivity contribution in [3.63, 3.8) is 0 Å². The first kappa shape index (κ1) is 19.8. The van der Waals surface area contributed by atoms with Crippen LogP contribution >= 0.6 is 11.8 Å². The molecule has 1 aliphatic heterocycles. The molecule has 10 heteroatoms. The number of alkyl halides is 2. The minimum atomic E-state index is -3.61. The zero-order chi connectivity index (χ0) is 19.6. The number of thioether (sulfide) groups is 1. The quantitative estimate of drug-likeness (QED) is 0.735. The Kier molecular flexibility index (Phi) is 5.87. The molecule has 1 N–H and O–H groups in total. The van der Waals surface area contributed by atoms with E-state index in [1.807, 2.05) is 0 Å². The van der Waals surface area contributed by atoms with E-state index in [-0.39, 0.29) is 10.6 Å². The highest BCUT2D eigenvalue weighted by Crippen LogP contribution is 2.27. The summed E-state index contributed by atoms with van der Waals surface area (Å²) in [4.78, 5) is 13.0. The van der Waals surface area contributed by atoms with Crippen molar-refractivity contribution in [1.82, 2.24) is 8.87 Å². The number of halogens is 2. The monoisotopic (exact) mass is 415 g/mol. The lowest BCUT2D eigenvalue weighted by Gasteiger charge is -2.13. The molecule has 1 fully saturated rings. The Balaban J connectivity index is 1.74. The summed E-state index contributed by atoms with van der Waals surface area (Å²) in [6, 6.07) is 7.37. The molecule has 6 nitrogen and oxygen atoms in total. The summed E-state index contributed by atoms with van der Waals surface area (Å²) >= 11 is 0.421. The predicted octanol–water partition coefficient (Wildman–Crippen LogP) is 3.38. The molecule has 0 atom stereocenters. The van der Waals surface area contributed by atoms with Gasteiger partial charge in [-0.25, -0.2) is 8.42 Å². The predicted molar refractivity (Wildman–Crippen MR) is 99.7 cm³/mol. The maximum atomic E-state index is 12.6. The highest BCUT2D eigenvalue weighted by atomic mass is 32.2. The second-order valence-corrected chi connectivity index (χ2v) is 9.14. The van der Waals surface area contributed by atoms with Crippen molar-refractivity contribution in [1.29, 1.82) is 0 Å². The number of amides is 1. The van der Waals surface area contributed by atoms with Crippen LogP contribution < -0.4 is 5.32 Å². The third-order valence-electron chi connectivity index (χ3n) is 4.25. The van der Waals surface area contributed by atoms with Crippen molar-refractivity contribution in [3.05, 3.63) is 42.2 Å². The van der Waals surface area contributed by atoms with Crippen molar-refractivity contribution < 1.29 is 22.0 Å². The fourth-order valence-corrected chi connectivity index (χ4v) is 4.98. The number of hydrogen-bond acceptors (Lipinski definition) is 4. The Morgan fingerprint density at radius 1 is 1.19 bits per heavy atom. The van der Waals surface area contributed by atoms with Crippen molar-refractivity contribution in [2.24, 2.45) is 7.05 Å². The molecule has 0 unspecified atom stereocenters. The highest BCUT2D eigenvalue weighted by molar-refractivity contribution is 7.99. The van der Waals surface area contributed by atoms with Gasteiger partial charge in [-0.05, 0) is 43.2 Å². The third-order valence-corrected chi connectivity index (χ3v) is 6.84. The number of rotatable bonds is 6. The second-order valence-electron chi connectivity index (χ2n) is 6.14. The van der Waals surface area contributed by atoms with Crippen LogP contribution in [0.25, 0.3) is 0 Å². The number of nitrogens with one attached hydrogen (secondary N) is 1. The van der Waals surface area contributed by atoms with Gasteiger partial charge < -0.3 is 9.88 Å². The van der Waals surface area contributed by atoms with Crippen molar-refractivity contribution >= 4 is 33.4 Å². The van der Waals surface area contributed by atoms with Gasteiger partial charge in [-0.15, -0.1) is 0 Å². The van der Waals surface area contributed by atoms with Crippen molar-refractivity contribution in [2.75, 3.05) is 18.4 Å². The molecule has 27 heavy (non-hydrogen) atoms. The summed E-state index contributed by atoms with van der Waals surface area (Å²) in [5, 5.41) is 2.65. The molecule has 2 aromatic rings. The van der Waals surface area contributed by atoms with Crippen molar-refractivity contribution in [2.45, 2.75) is 28.4 Å². The highest BCUT2D eigenvalue weighted by Gasteiger charge is 2.29. The standard InChI is InChI=1S/C17H19F2N3O3S2/c1-21-11-14(27(24,25)22-8-2-3-9-22)10-15(21)16(23)20-12-4-6-13(7-5-12)26-17(18)19/h4-7,10-11,17H,2-3,8-9H2,1H3,(H,20,23). The lowest BCUT2D eigenvalue weighted by atomic mass is 10.3. The van der Waals surface area contributed by atoms with Gasteiger partial charge in [-0.2, -0.15) is 13.1 Å². The van der Waals surface area contributed by atoms with E-state index in [4.69, 9.17) is 0 Å². The number of carbonyl (C=O) groups excluding carboxylic acids is 1. The van der Waals surface area contributed by atoms with Crippen LogP contribution in [0.3, 0.4) is 0 Å². The molecular formula is C17H19F2N3O3S2. The van der Waals surface area contributed by atoms with E-state index in [1.165, 1.54) is 45.4 Å². The van der Waals surface area contributed by atoms with Crippen LogP contribution in [0.1, 0.15) is 23.3 Å². The number of nitrogens with zero attached hydrogens (tertiary/aromatic N) is 2. The molecule has 1 aliphatic rings. The van der Waals surface area contributed by atoms with Crippen LogP contribution in [0.5, 0.6) is 0 Å². The summed E-state index contributed by atoms with van der Waals surface area (Å²) in [5.74, 6) is -2.99. The minimum Gasteiger partial charge on any atom is -0.345 e. The third kappa shape index (κ3) is 4.50. The van der Waals surface area contributed by atoms with Gasteiger partial charge in [0.15, 0.2) is 0 Å². The molecule has 1 aromatic carbocycles. The first-order valence-electron chi connectivity index (χ1n) is 8.30. The van der Waals surface area contributed by atoms with Gasteiger partial charge in [-0.3, -0.25) is 4.79 Å². The summed E-state index contributed by atoms with van der Waals surface area (Å²) < 4.78 is 52.8. The number of aromatic nitrogens is 1. The molecule has 1 saturated heterocycles. The van der Waals surface area contributed by atoms with Gasteiger partial charge in [-0.1, -0.05) is 11.8 Å². The Morgan fingerprint density at radius 2 is 1.81 bits per heavy atom. The van der Waals surface area contributed by atoms with E-state index >= 15 is 0 Å². The molecule has 146 valence electrons. The van der Waals surface area contributed by atoms with Crippen LogP contribution in [-0.2, 0) is 17.1 Å². The van der Waals surface area contributed by atoms with Crippen LogP contribution in [0.4, 0.5) is 14.5 Å². The molecule has 0 spiro atoms. The molecular weight excluding hydrogens is 396 g/mol. The van der Waals surface area contributed by atoms with E-state index in [0.29, 0.717) is 35.4 Å². The molecule has 1 amide bonds. The zero-order valence-corrected chi connectivity index (χ0v) is 16.2. The Labute approximate surface area is 160 Å². The molecule has 0 saturated carbocycles. The topological polar surface area (TPSA) is 71.4 Å². The van der Waals surface area contributed by atoms with E-state index in [1.54, 1.807) is 7.05 Å². The zero-order valence-electron chi connectivity index (χ0n) is 14.6. The molecule has 2 heterocycles. The van der Waals surface area contributed by atoms with E-state index in [0.717, 1.165) is 12.8 Å². The number of aryl methyl sites for hydroxylation is 1. The maximum Gasteiger partial charge on any atom is 0.288 e. The Hall–Kier alpha value is -1.91. The van der Waals surface area contributed by atoms with E-state index < -0.39 is 21.7 Å². The number of sulfonamides is 1. The summed E-state index contributed by atoms with van der Waals surface area (Å²) in [6.07, 6.45) is 3.09. The summed E-state index contributed by atoms with van der Waals surface area (Å²) in [7, 11) is -2.01. The molecule has 0 bridgehead atoms. The van der Waals surface area contributed by atoms with Gasteiger partial charge in [0, 0.05) is 36.9 Å². The van der Waals surface area contributed by atoms with Crippen LogP contribution in [-0.4, -0.2) is 42.0 Å². The van der Waals surface area contributed by atoms with Crippen LogP contribution in [0, 0.1) is 0 Å². The second kappa shape index (κ2) is 7.99. The maximum absolute atomic E-state index is 12.6. The largest absolute Gasteiger partial charge is 0.345 e. The van der Waals surface area contributed by atoms with Gasteiger partial charge in [0.2, 0.25) is 10.0 Å². The summed E-state index contributed by atoms with van der Waals surface area (Å²) in [6.45, 7) is 0.976. The fourth-order valence-electron chi connectivity index (χ4n) is 2.89. The average Bonchev–Trinajstić information content (AvgIpc) is 3.26. The number of anilines is 1. The lowest BCUT2D eigenvalue weighted by Crippen LogP contribution is -2.27. The van der Waals surface area contributed by atoms with Crippen LogP contribution in [0.2, 0.25) is 0 Å². The Bertz CT molecular complexity index is 921. The smallest absolute Gasteiger partial charge is 0.288 e. The van der Waals surface area contributed by atoms with Gasteiger partial charge in [0.05, 0.1) is 0 Å². The molecule has 3 rings (SSSR count). The van der Waals surface area contributed by atoms with Crippen LogP contribution in [0.15, 0.2) is 46.3 Å². The fraction of sp³-hybridized carbons (Fsp3) is 0.353. The molecule has 1 aromatic heterocycles. The number of benzene rings is 1. The normalized spacial score (nSPS) is 15.4. The van der Waals surface area contributed by atoms with Crippen molar-refractivity contribution in [3.8, 4) is 0 Å². The minimum absolute atomic E-state index is 0.0840. The Morgan fingerprint density at radius 3 is 2.41 bits per heavy atom.